The minimum atomic E-state index is -0.605. The molecule has 1 atom stereocenters. The van der Waals surface area contributed by atoms with Crippen LogP contribution in [0, 0.1) is 18.8 Å². The van der Waals surface area contributed by atoms with Crippen molar-refractivity contribution in [2.45, 2.75) is 39.5 Å². The maximum Gasteiger partial charge on any atom is 0.376 e. The SMILES string of the molecule is CCOC(=O)c1oc(NC(=O)C2CCCN(C(=O)C3CC3)C2)nc1C. The first-order valence-electron chi connectivity index (χ1n) is 8.73. The second kappa shape index (κ2) is 7.25. The van der Waals surface area contributed by atoms with Gasteiger partial charge in [-0.15, -0.1) is 0 Å². The van der Waals surface area contributed by atoms with Gasteiger partial charge in [-0.05, 0) is 39.5 Å². The number of oxazole rings is 1. The van der Waals surface area contributed by atoms with Gasteiger partial charge in [-0.3, -0.25) is 14.9 Å². The maximum absolute atomic E-state index is 12.5. The topological polar surface area (TPSA) is 102 Å². The summed E-state index contributed by atoms with van der Waals surface area (Å²) in [6, 6.07) is -0.0174. The van der Waals surface area contributed by atoms with Gasteiger partial charge in [0.1, 0.15) is 0 Å². The highest BCUT2D eigenvalue weighted by Gasteiger charge is 2.37. The van der Waals surface area contributed by atoms with Crippen molar-refractivity contribution in [1.29, 1.82) is 0 Å². The number of esters is 1. The second-order valence-corrected chi connectivity index (χ2v) is 6.54. The summed E-state index contributed by atoms with van der Waals surface area (Å²) >= 11 is 0. The van der Waals surface area contributed by atoms with Crippen LogP contribution in [0.15, 0.2) is 4.42 Å². The summed E-state index contributed by atoms with van der Waals surface area (Å²) < 4.78 is 10.2. The van der Waals surface area contributed by atoms with Crippen LogP contribution in [0.25, 0.3) is 0 Å². The van der Waals surface area contributed by atoms with Gasteiger partial charge in [0.15, 0.2) is 0 Å². The third-order valence-corrected chi connectivity index (χ3v) is 4.52. The summed E-state index contributed by atoms with van der Waals surface area (Å²) in [6.07, 6.45) is 3.43. The zero-order valence-electron chi connectivity index (χ0n) is 14.5. The number of piperidine rings is 1. The van der Waals surface area contributed by atoms with Gasteiger partial charge >= 0.3 is 12.0 Å². The van der Waals surface area contributed by atoms with Gasteiger partial charge in [-0.2, -0.15) is 4.98 Å². The lowest BCUT2D eigenvalue weighted by Crippen LogP contribution is -2.44. The van der Waals surface area contributed by atoms with E-state index in [1.54, 1.807) is 18.7 Å². The number of rotatable bonds is 5. The number of hydrogen-bond acceptors (Lipinski definition) is 6. The van der Waals surface area contributed by atoms with E-state index in [0.717, 1.165) is 19.3 Å². The van der Waals surface area contributed by atoms with Gasteiger partial charge < -0.3 is 14.1 Å². The number of aromatic nitrogens is 1. The molecule has 0 spiro atoms. The van der Waals surface area contributed by atoms with Crippen molar-refractivity contribution in [1.82, 2.24) is 9.88 Å². The molecule has 0 bridgehead atoms. The largest absolute Gasteiger partial charge is 0.460 e. The van der Waals surface area contributed by atoms with Gasteiger partial charge in [0, 0.05) is 19.0 Å². The molecule has 2 heterocycles. The van der Waals surface area contributed by atoms with E-state index in [1.807, 2.05) is 0 Å². The number of nitrogens with one attached hydrogen (secondary N) is 1. The van der Waals surface area contributed by atoms with Crippen LogP contribution in [0.5, 0.6) is 0 Å². The second-order valence-electron chi connectivity index (χ2n) is 6.54. The lowest BCUT2D eigenvalue weighted by molar-refractivity contribution is -0.135. The Hall–Kier alpha value is -2.38. The molecule has 8 nitrogen and oxygen atoms in total. The van der Waals surface area contributed by atoms with Crippen LogP contribution in [0.2, 0.25) is 0 Å². The molecule has 1 N–H and O–H groups in total. The Morgan fingerprint density at radius 1 is 1.28 bits per heavy atom. The molecular formula is C17H23N3O5. The number of ether oxygens (including phenoxy) is 1. The average Bonchev–Trinajstić information content (AvgIpc) is 3.38. The van der Waals surface area contributed by atoms with Crippen molar-refractivity contribution in [3.8, 4) is 0 Å². The molecule has 0 aromatic carbocycles. The van der Waals surface area contributed by atoms with Gasteiger partial charge in [0.05, 0.1) is 18.2 Å². The van der Waals surface area contributed by atoms with Gasteiger partial charge in [0.2, 0.25) is 17.6 Å². The van der Waals surface area contributed by atoms with E-state index in [-0.39, 0.29) is 42.0 Å². The molecule has 1 aromatic heterocycles. The average molecular weight is 349 g/mol. The molecule has 2 fully saturated rings. The highest BCUT2D eigenvalue weighted by atomic mass is 16.5. The van der Waals surface area contributed by atoms with E-state index >= 15 is 0 Å². The van der Waals surface area contributed by atoms with Crippen LogP contribution >= 0.6 is 0 Å². The summed E-state index contributed by atoms with van der Waals surface area (Å²) in [6.45, 7) is 4.68. The lowest BCUT2D eigenvalue weighted by atomic mass is 9.97. The Kier molecular flexibility index (Phi) is 5.06. The fraction of sp³-hybridized carbons (Fsp3) is 0.647. The Labute approximate surface area is 145 Å². The standard InChI is InChI=1S/C17H23N3O5/c1-3-24-16(23)13-10(2)18-17(25-13)19-14(21)12-5-4-8-20(9-12)15(22)11-6-7-11/h11-12H,3-9H2,1-2H3,(H,18,19,21). The number of carbonyl (C=O) groups excluding carboxylic acids is 3. The molecule has 2 amide bonds. The smallest absolute Gasteiger partial charge is 0.376 e. The fourth-order valence-corrected chi connectivity index (χ4v) is 3.02. The first-order valence-corrected chi connectivity index (χ1v) is 8.73. The molecule has 1 aliphatic heterocycles. The van der Waals surface area contributed by atoms with Crippen LogP contribution in [0.4, 0.5) is 6.01 Å². The zero-order valence-corrected chi connectivity index (χ0v) is 14.5. The molecule has 1 saturated carbocycles. The summed E-state index contributed by atoms with van der Waals surface area (Å²) in [4.78, 5) is 42.2. The zero-order chi connectivity index (χ0) is 18.0. The van der Waals surface area contributed by atoms with Crippen LogP contribution in [0.1, 0.15) is 48.9 Å². The fourth-order valence-electron chi connectivity index (χ4n) is 3.02. The summed E-state index contributed by atoms with van der Waals surface area (Å²) in [5.41, 5.74) is 0.364. The van der Waals surface area contributed by atoms with E-state index in [2.05, 4.69) is 10.3 Å². The first-order chi connectivity index (χ1) is 12.0. The summed E-state index contributed by atoms with van der Waals surface area (Å²) in [7, 11) is 0. The molecule has 1 unspecified atom stereocenters. The molecular weight excluding hydrogens is 326 g/mol. The number of anilines is 1. The molecule has 1 saturated heterocycles. The molecule has 1 aliphatic carbocycles. The van der Waals surface area contributed by atoms with Gasteiger partial charge in [0.25, 0.3) is 0 Å². The van der Waals surface area contributed by atoms with E-state index in [4.69, 9.17) is 9.15 Å². The van der Waals surface area contributed by atoms with Crippen LogP contribution < -0.4 is 5.32 Å². The molecule has 2 aliphatic rings. The molecule has 3 rings (SSSR count). The maximum atomic E-state index is 12.5. The van der Waals surface area contributed by atoms with E-state index in [9.17, 15) is 14.4 Å². The Bertz CT molecular complexity index is 680. The lowest BCUT2D eigenvalue weighted by Gasteiger charge is -2.31. The Morgan fingerprint density at radius 2 is 2.04 bits per heavy atom. The number of nitrogens with zero attached hydrogens (tertiary/aromatic N) is 2. The van der Waals surface area contributed by atoms with Crippen LogP contribution in [-0.2, 0) is 14.3 Å². The van der Waals surface area contributed by atoms with Crippen molar-refractivity contribution in [3.63, 3.8) is 0 Å². The predicted octanol–water partition coefficient (Wildman–Crippen LogP) is 1.75. The molecule has 8 heteroatoms. The van der Waals surface area contributed by atoms with Crippen LogP contribution in [0.3, 0.4) is 0 Å². The van der Waals surface area contributed by atoms with Crippen molar-refractivity contribution >= 4 is 23.8 Å². The predicted molar refractivity (Wildman–Crippen MR) is 87.9 cm³/mol. The number of likely N-dealkylation sites (tertiary alicyclic amines) is 1. The monoisotopic (exact) mass is 349 g/mol. The highest BCUT2D eigenvalue weighted by molar-refractivity contribution is 5.93. The molecule has 25 heavy (non-hydrogen) atoms. The summed E-state index contributed by atoms with van der Waals surface area (Å²) in [5, 5.41) is 2.61. The first kappa shape index (κ1) is 17.4. The number of carbonyl (C=O) groups is 3. The van der Waals surface area contributed by atoms with Crippen LogP contribution in [-0.4, -0.2) is 47.4 Å². The van der Waals surface area contributed by atoms with Crippen molar-refractivity contribution in [2.75, 3.05) is 25.0 Å². The number of amides is 2. The molecule has 0 radical (unpaired) electrons. The third-order valence-electron chi connectivity index (χ3n) is 4.52. The van der Waals surface area contributed by atoms with E-state index in [1.165, 1.54) is 0 Å². The van der Waals surface area contributed by atoms with E-state index in [0.29, 0.717) is 25.2 Å². The molecule has 1 aromatic rings. The summed E-state index contributed by atoms with van der Waals surface area (Å²) in [5.74, 6) is -0.838. The quantitative estimate of drug-likeness (QED) is 0.813. The number of aryl methyl sites for hydroxylation is 1. The minimum absolute atomic E-state index is 0.00803. The normalized spacial score (nSPS) is 20.2. The van der Waals surface area contributed by atoms with Gasteiger partial charge in [-0.1, -0.05) is 0 Å². The highest BCUT2D eigenvalue weighted by Crippen LogP contribution is 2.32. The molecule has 136 valence electrons. The minimum Gasteiger partial charge on any atom is -0.460 e. The third kappa shape index (κ3) is 4.00. The van der Waals surface area contributed by atoms with Crippen molar-refractivity contribution in [2.24, 2.45) is 11.8 Å². The van der Waals surface area contributed by atoms with Crippen molar-refractivity contribution in [3.05, 3.63) is 11.5 Å². The van der Waals surface area contributed by atoms with Crippen molar-refractivity contribution < 1.29 is 23.5 Å². The van der Waals surface area contributed by atoms with E-state index < -0.39 is 5.97 Å². The van der Waals surface area contributed by atoms with Gasteiger partial charge in [-0.25, -0.2) is 4.79 Å². The number of hydrogen-bond donors (Lipinski definition) is 1. The Balaban J connectivity index is 1.60. The Morgan fingerprint density at radius 3 is 2.72 bits per heavy atom.